The maximum atomic E-state index is 5.83. The van der Waals surface area contributed by atoms with Crippen molar-refractivity contribution in [1.29, 1.82) is 0 Å². The van der Waals surface area contributed by atoms with Gasteiger partial charge in [0.15, 0.2) is 0 Å². The van der Waals surface area contributed by atoms with E-state index >= 15 is 0 Å². The molecule has 0 spiro atoms. The summed E-state index contributed by atoms with van der Waals surface area (Å²) in [7, 11) is 2.04. The van der Waals surface area contributed by atoms with Crippen LogP contribution in [0.15, 0.2) is 29.2 Å². The number of rotatable bonds is 7. The van der Waals surface area contributed by atoms with Gasteiger partial charge in [0.05, 0.1) is 0 Å². The minimum Gasteiger partial charge on any atom is -0.317 e. The molecule has 0 radical (unpaired) electrons. The number of thioether (sulfide) groups is 1. The SMILES string of the molecule is CCC(CCCSc1ccc(Cl)cc1)NC. The zero-order valence-electron chi connectivity index (χ0n) is 10.0. The zero-order valence-corrected chi connectivity index (χ0v) is 11.6. The minimum absolute atomic E-state index is 0.672. The molecule has 1 rings (SSSR count). The molecule has 1 aromatic carbocycles. The Morgan fingerprint density at radius 2 is 2.00 bits per heavy atom. The van der Waals surface area contributed by atoms with Gasteiger partial charge in [0.2, 0.25) is 0 Å². The normalized spacial score (nSPS) is 12.7. The van der Waals surface area contributed by atoms with Gasteiger partial charge in [0, 0.05) is 16.0 Å². The van der Waals surface area contributed by atoms with Crippen LogP contribution in [-0.2, 0) is 0 Å². The molecule has 1 unspecified atom stereocenters. The standard InChI is InChI=1S/C13H20ClNS/c1-3-12(15-2)5-4-10-16-13-8-6-11(14)7-9-13/h6-9,12,15H,3-5,10H2,1-2H3. The molecule has 1 nitrogen and oxygen atoms in total. The van der Waals surface area contributed by atoms with Crippen LogP contribution in [0.1, 0.15) is 26.2 Å². The minimum atomic E-state index is 0.672. The quantitative estimate of drug-likeness (QED) is 0.580. The highest BCUT2D eigenvalue weighted by atomic mass is 35.5. The topological polar surface area (TPSA) is 12.0 Å². The summed E-state index contributed by atoms with van der Waals surface area (Å²) in [6, 6.07) is 8.74. The molecule has 90 valence electrons. The first-order valence-corrected chi connectivity index (χ1v) is 7.18. The second-order valence-corrected chi connectivity index (χ2v) is 5.44. The highest BCUT2D eigenvalue weighted by Gasteiger charge is 2.02. The van der Waals surface area contributed by atoms with E-state index in [0.717, 1.165) is 5.02 Å². The lowest BCUT2D eigenvalue weighted by atomic mass is 10.1. The molecular formula is C13H20ClNS. The van der Waals surface area contributed by atoms with Crippen molar-refractivity contribution >= 4 is 23.4 Å². The van der Waals surface area contributed by atoms with Crippen molar-refractivity contribution in [3.63, 3.8) is 0 Å². The zero-order chi connectivity index (χ0) is 11.8. The van der Waals surface area contributed by atoms with E-state index in [1.165, 1.54) is 29.9 Å². The number of halogens is 1. The highest BCUT2D eigenvalue weighted by Crippen LogP contribution is 2.21. The predicted octanol–water partition coefficient (Wildman–Crippen LogP) is 4.21. The molecule has 0 amide bonds. The summed E-state index contributed by atoms with van der Waals surface area (Å²) in [5.41, 5.74) is 0. The number of hydrogen-bond acceptors (Lipinski definition) is 2. The van der Waals surface area contributed by atoms with Crippen molar-refractivity contribution in [1.82, 2.24) is 5.32 Å². The molecule has 0 aliphatic heterocycles. The Morgan fingerprint density at radius 3 is 2.56 bits per heavy atom. The summed E-state index contributed by atoms with van der Waals surface area (Å²) in [5.74, 6) is 1.18. The first-order valence-electron chi connectivity index (χ1n) is 5.82. The molecule has 16 heavy (non-hydrogen) atoms. The van der Waals surface area contributed by atoms with Gasteiger partial charge in [-0.2, -0.15) is 0 Å². The van der Waals surface area contributed by atoms with E-state index in [9.17, 15) is 0 Å². The Morgan fingerprint density at radius 1 is 1.31 bits per heavy atom. The van der Waals surface area contributed by atoms with Gasteiger partial charge in [0.1, 0.15) is 0 Å². The van der Waals surface area contributed by atoms with Crippen molar-refractivity contribution in [2.45, 2.75) is 37.1 Å². The predicted molar refractivity (Wildman–Crippen MR) is 74.5 cm³/mol. The lowest BCUT2D eigenvalue weighted by Gasteiger charge is -2.12. The van der Waals surface area contributed by atoms with Gasteiger partial charge in [-0.05, 0) is 56.3 Å². The summed E-state index contributed by atoms with van der Waals surface area (Å²) < 4.78 is 0. The Balaban J connectivity index is 2.18. The van der Waals surface area contributed by atoms with Crippen molar-refractivity contribution < 1.29 is 0 Å². The van der Waals surface area contributed by atoms with Crippen molar-refractivity contribution in [3.8, 4) is 0 Å². The third-order valence-corrected chi connectivity index (χ3v) is 4.03. The van der Waals surface area contributed by atoms with Crippen LogP contribution in [0.25, 0.3) is 0 Å². The largest absolute Gasteiger partial charge is 0.317 e. The maximum Gasteiger partial charge on any atom is 0.0406 e. The number of hydrogen-bond donors (Lipinski definition) is 1. The summed E-state index contributed by atoms with van der Waals surface area (Å²) >= 11 is 7.74. The monoisotopic (exact) mass is 257 g/mol. The lowest BCUT2D eigenvalue weighted by molar-refractivity contribution is 0.504. The molecule has 0 bridgehead atoms. The molecule has 0 aliphatic rings. The third-order valence-electron chi connectivity index (χ3n) is 2.68. The Kier molecular flexibility index (Phi) is 6.93. The molecule has 0 heterocycles. The van der Waals surface area contributed by atoms with Crippen molar-refractivity contribution in [3.05, 3.63) is 29.3 Å². The van der Waals surface area contributed by atoms with Crippen LogP contribution in [0.3, 0.4) is 0 Å². The Labute approximate surface area is 108 Å². The molecule has 0 aromatic heterocycles. The highest BCUT2D eigenvalue weighted by molar-refractivity contribution is 7.99. The van der Waals surface area contributed by atoms with Gasteiger partial charge in [-0.1, -0.05) is 18.5 Å². The summed E-state index contributed by atoms with van der Waals surface area (Å²) in [6.07, 6.45) is 3.72. The van der Waals surface area contributed by atoms with Crippen LogP contribution >= 0.6 is 23.4 Å². The average Bonchev–Trinajstić information content (AvgIpc) is 2.32. The Bertz CT molecular complexity index is 282. The molecule has 1 N–H and O–H groups in total. The van der Waals surface area contributed by atoms with Crippen LogP contribution < -0.4 is 5.32 Å². The van der Waals surface area contributed by atoms with Crippen molar-refractivity contribution in [2.24, 2.45) is 0 Å². The summed E-state index contributed by atoms with van der Waals surface area (Å²) in [4.78, 5) is 1.31. The molecule has 3 heteroatoms. The van der Waals surface area contributed by atoms with E-state index in [1.807, 2.05) is 30.9 Å². The summed E-state index contributed by atoms with van der Waals surface area (Å²) in [5, 5.41) is 4.14. The summed E-state index contributed by atoms with van der Waals surface area (Å²) in [6.45, 7) is 2.23. The average molecular weight is 258 g/mol. The molecular weight excluding hydrogens is 238 g/mol. The smallest absolute Gasteiger partial charge is 0.0406 e. The first kappa shape index (κ1) is 13.9. The van der Waals surface area contributed by atoms with E-state index in [2.05, 4.69) is 24.4 Å². The fourth-order valence-electron chi connectivity index (χ4n) is 1.60. The van der Waals surface area contributed by atoms with E-state index in [1.54, 1.807) is 0 Å². The second kappa shape index (κ2) is 7.99. The van der Waals surface area contributed by atoms with E-state index in [0.29, 0.717) is 6.04 Å². The molecule has 1 aromatic rings. The van der Waals surface area contributed by atoms with E-state index in [4.69, 9.17) is 11.6 Å². The second-order valence-electron chi connectivity index (χ2n) is 3.84. The molecule has 0 fully saturated rings. The van der Waals surface area contributed by atoms with Crippen molar-refractivity contribution in [2.75, 3.05) is 12.8 Å². The maximum absolute atomic E-state index is 5.83. The molecule has 0 aliphatic carbocycles. The Hall–Kier alpha value is -0.180. The third kappa shape index (κ3) is 5.24. The number of nitrogens with one attached hydrogen (secondary N) is 1. The molecule has 0 saturated heterocycles. The number of benzene rings is 1. The first-order chi connectivity index (χ1) is 7.76. The lowest BCUT2D eigenvalue weighted by Crippen LogP contribution is -2.23. The van der Waals surface area contributed by atoms with Gasteiger partial charge >= 0.3 is 0 Å². The van der Waals surface area contributed by atoms with Gasteiger partial charge in [-0.3, -0.25) is 0 Å². The van der Waals surface area contributed by atoms with Gasteiger partial charge in [-0.15, -0.1) is 11.8 Å². The van der Waals surface area contributed by atoms with Crippen LogP contribution in [0, 0.1) is 0 Å². The van der Waals surface area contributed by atoms with Crippen LogP contribution in [0.2, 0.25) is 5.02 Å². The van der Waals surface area contributed by atoms with Crippen LogP contribution in [0.5, 0.6) is 0 Å². The van der Waals surface area contributed by atoms with Gasteiger partial charge in [0.25, 0.3) is 0 Å². The van der Waals surface area contributed by atoms with E-state index in [-0.39, 0.29) is 0 Å². The van der Waals surface area contributed by atoms with Gasteiger partial charge in [-0.25, -0.2) is 0 Å². The molecule has 1 atom stereocenters. The van der Waals surface area contributed by atoms with Gasteiger partial charge < -0.3 is 5.32 Å². The fourth-order valence-corrected chi connectivity index (χ4v) is 2.60. The van der Waals surface area contributed by atoms with Crippen LogP contribution in [-0.4, -0.2) is 18.8 Å². The fraction of sp³-hybridized carbons (Fsp3) is 0.538. The van der Waals surface area contributed by atoms with Crippen LogP contribution in [0.4, 0.5) is 0 Å². The molecule has 0 saturated carbocycles. The van der Waals surface area contributed by atoms with E-state index < -0.39 is 0 Å².